The number of benzene rings is 2. The Labute approximate surface area is 172 Å². The molecule has 156 valence electrons. The van der Waals surface area contributed by atoms with Crippen LogP contribution in [0.5, 0.6) is 0 Å². The van der Waals surface area contributed by atoms with Crippen LogP contribution in [0.2, 0.25) is 0 Å². The highest BCUT2D eigenvalue weighted by molar-refractivity contribution is 7.92. The topological polar surface area (TPSA) is 101 Å². The van der Waals surface area contributed by atoms with E-state index in [2.05, 4.69) is 11.9 Å². The lowest BCUT2D eigenvalue weighted by molar-refractivity contribution is 0.0940. The normalized spacial score (nSPS) is 12.8. The van der Waals surface area contributed by atoms with Gasteiger partial charge in [0.25, 0.3) is 5.91 Å². The molecule has 1 amide bonds. The van der Waals surface area contributed by atoms with Crippen molar-refractivity contribution in [2.24, 2.45) is 0 Å². The molecule has 0 heterocycles. The summed E-state index contributed by atoms with van der Waals surface area (Å²) in [5.41, 5.74) is 1.57. The number of amides is 1. The van der Waals surface area contributed by atoms with Gasteiger partial charge in [-0.15, -0.1) is 6.58 Å². The van der Waals surface area contributed by atoms with E-state index < -0.39 is 19.9 Å². The smallest absolute Gasteiger partial charge is 0.251 e. The van der Waals surface area contributed by atoms with Crippen LogP contribution < -0.4 is 9.62 Å². The van der Waals surface area contributed by atoms with E-state index in [4.69, 9.17) is 0 Å². The number of sulfone groups is 1. The molecule has 0 aliphatic heterocycles. The summed E-state index contributed by atoms with van der Waals surface area (Å²) in [5, 5.41) is 2.84. The summed E-state index contributed by atoms with van der Waals surface area (Å²) < 4.78 is 48.0. The van der Waals surface area contributed by atoms with Gasteiger partial charge in [-0.05, 0) is 48.9 Å². The fourth-order valence-electron chi connectivity index (χ4n) is 2.70. The van der Waals surface area contributed by atoms with Crippen LogP contribution in [0.25, 0.3) is 0 Å². The van der Waals surface area contributed by atoms with Crippen molar-refractivity contribution in [3.05, 3.63) is 72.3 Å². The first-order chi connectivity index (χ1) is 13.4. The van der Waals surface area contributed by atoms with Crippen molar-refractivity contribution in [2.75, 3.05) is 23.4 Å². The zero-order valence-corrected chi connectivity index (χ0v) is 18.1. The van der Waals surface area contributed by atoms with Crippen LogP contribution in [-0.4, -0.2) is 41.8 Å². The number of carbonyl (C=O) groups is 1. The Morgan fingerprint density at radius 3 is 2.03 bits per heavy atom. The van der Waals surface area contributed by atoms with Crippen molar-refractivity contribution in [3.8, 4) is 0 Å². The second-order valence-electron chi connectivity index (χ2n) is 6.67. The largest absolute Gasteiger partial charge is 0.346 e. The van der Waals surface area contributed by atoms with Crippen molar-refractivity contribution in [1.82, 2.24) is 5.32 Å². The molecule has 0 aliphatic rings. The lowest BCUT2D eigenvalue weighted by Crippen LogP contribution is -2.30. The fourth-order valence-corrected chi connectivity index (χ4v) is 4.21. The Hall–Kier alpha value is -2.65. The maximum Gasteiger partial charge on any atom is 0.251 e. The maximum atomic E-state index is 12.5. The van der Waals surface area contributed by atoms with Gasteiger partial charge in [0.2, 0.25) is 10.0 Å². The minimum Gasteiger partial charge on any atom is -0.346 e. The SMILES string of the molecule is C=CCN(c1ccc(C(=O)N[C@H](C)c2ccc(S(C)(=O)=O)cc2)cc1)S(C)(=O)=O. The molecule has 0 saturated heterocycles. The van der Waals surface area contributed by atoms with Gasteiger partial charge in [-0.3, -0.25) is 9.10 Å². The Morgan fingerprint density at radius 1 is 1.03 bits per heavy atom. The van der Waals surface area contributed by atoms with Crippen molar-refractivity contribution in [2.45, 2.75) is 17.9 Å². The van der Waals surface area contributed by atoms with Crippen LogP contribution in [0.1, 0.15) is 28.9 Å². The minimum atomic E-state index is -3.46. The molecular weight excluding hydrogens is 412 g/mol. The number of sulfonamides is 1. The van der Waals surface area contributed by atoms with Gasteiger partial charge in [0.1, 0.15) is 0 Å². The third kappa shape index (κ3) is 5.91. The third-order valence-electron chi connectivity index (χ3n) is 4.27. The monoisotopic (exact) mass is 436 g/mol. The number of hydrogen-bond acceptors (Lipinski definition) is 5. The number of carbonyl (C=O) groups excluding carboxylic acids is 1. The van der Waals surface area contributed by atoms with Gasteiger partial charge in [-0.25, -0.2) is 16.8 Å². The van der Waals surface area contributed by atoms with Crippen molar-refractivity contribution in [3.63, 3.8) is 0 Å². The molecule has 0 spiro atoms. The zero-order valence-electron chi connectivity index (χ0n) is 16.5. The average Bonchev–Trinajstić information content (AvgIpc) is 2.64. The molecule has 0 unspecified atom stereocenters. The van der Waals surface area contributed by atoms with Crippen LogP contribution in [0.4, 0.5) is 5.69 Å². The van der Waals surface area contributed by atoms with E-state index in [0.717, 1.165) is 18.1 Å². The molecule has 29 heavy (non-hydrogen) atoms. The van der Waals surface area contributed by atoms with Gasteiger partial charge in [0, 0.05) is 11.8 Å². The molecule has 2 aromatic rings. The maximum absolute atomic E-state index is 12.5. The van der Waals surface area contributed by atoms with E-state index in [9.17, 15) is 21.6 Å². The van der Waals surface area contributed by atoms with Crippen LogP contribution >= 0.6 is 0 Å². The highest BCUT2D eigenvalue weighted by Crippen LogP contribution is 2.20. The molecule has 0 fully saturated rings. The van der Waals surface area contributed by atoms with E-state index in [0.29, 0.717) is 11.3 Å². The Morgan fingerprint density at radius 2 is 1.59 bits per heavy atom. The molecule has 0 aliphatic carbocycles. The molecule has 2 aromatic carbocycles. The Kier molecular flexibility index (Phi) is 6.86. The zero-order chi connectivity index (χ0) is 21.8. The van der Waals surface area contributed by atoms with Crippen molar-refractivity contribution < 1.29 is 21.6 Å². The molecule has 0 bridgehead atoms. The number of anilines is 1. The molecule has 1 atom stereocenters. The molecule has 0 aromatic heterocycles. The summed E-state index contributed by atoms with van der Waals surface area (Å²) >= 11 is 0. The highest BCUT2D eigenvalue weighted by Gasteiger charge is 2.17. The molecule has 2 rings (SSSR count). The summed E-state index contributed by atoms with van der Waals surface area (Å²) in [6.07, 6.45) is 3.73. The van der Waals surface area contributed by atoms with E-state index in [-0.39, 0.29) is 23.4 Å². The van der Waals surface area contributed by atoms with Crippen LogP contribution in [0.3, 0.4) is 0 Å². The second kappa shape index (κ2) is 8.79. The van der Waals surface area contributed by atoms with Crippen molar-refractivity contribution >= 4 is 31.5 Å². The molecule has 0 saturated carbocycles. The standard InChI is InChI=1S/C20H24N2O5S2/c1-5-14-22(29(4,26)27)18-10-6-17(7-11-18)20(23)21-15(2)16-8-12-19(13-9-16)28(3,24)25/h5-13,15H,1,14H2,2-4H3,(H,21,23)/t15-/m1/s1. The number of rotatable bonds is 8. The molecule has 9 heteroatoms. The van der Waals surface area contributed by atoms with E-state index in [1.165, 1.54) is 22.5 Å². The van der Waals surface area contributed by atoms with Crippen LogP contribution in [0.15, 0.2) is 66.1 Å². The first-order valence-electron chi connectivity index (χ1n) is 8.73. The van der Waals surface area contributed by atoms with Crippen LogP contribution in [0, 0.1) is 0 Å². The fraction of sp³-hybridized carbons (Fsp3) is 0.250. The summed E-state index contributed by atoms with van der Waals surface area (Å²) in [6.45, 7) is 5.48. The molecular formula is C20H24N2O5S2. The van der Waals surface area contributed by atoms with Gasteiger partial charge in [0.05, 0.1) is 29.4 Å². The van der Waals surface area contributed by atoms with Crippen LogP contribution in [-0.2, 0) is 19.9 Å². The number of hydrogen-bond donors (Lipinski definition) is 1. The van der Waals surface area contributed by atoms with Gasteiger partial charge in [-0.2, -0.15) is 0 Å². The van der Waals surface area contributed by atoms with Crippen molar-refractivity contribution in [1.29, 1.82) is 0 Å². The lowest BCUT2D eigenvalue weighted by Gasteiger charge is -2.21. The average molecular weight is 437 g/mol. The minimum absolute atomic E-state index is 0.130. The predicted molar refractivity (Wildman–Crippen MR) is 114 cm³/mol. The van der Waals surface area contributed by atoms with E-state index >= 15 is 0 Å². The van der Waals surface area contributed by atoms with E-state index in [1.54, 1.807) is 43.3 Å². The summed E-state index contributed by atoms with van der Waals surface area (Å²) in [5.74, 6) is -0.328. The predicted octanol–water partition coefficient (Wildman–Crippen LogP) is 2.53. The molecule has 1 N–H and O–H groups in total. The van der Waals surface area contributed by atoms with Gasteiger partial charge in [-0.1, -0.05) is 18.2 Å². The second-order valence-corrected chi connectivity index (χ2v) is 10.6. The molecule has 7 nitrogen and oxygen atoms in total. The first-order valence-corrected chi connectivity index (χ1v) is 12.5. The quantitative estimate of drug-likeness (QED) is 0.641. The first kappa shape index (κ1) is 22.6. The summed E-state index contributed by atoms with van der Waals surface area (Å²) in [6, 6.07) is 12.2. The Bertz CT molecular complexity index is 1090. The number of nitrogens with one attached hydrogen (secondary N) is 1. The third-order valence-corrected chi connectivity index (χ3v) is 6.56. The van der Waals surface area contributed by atoms with Gasteiger partial charge >= 0.3 is 0 Å². The van der Waals surface area contributed by atoms with E-state index in [1.807, 2.05) is 0 Å². The van der Waals surface area contributed by atoms with Gasteiger partial charge in [0.15, 0.2) is 9.84 Å². The van der Waals surface area contributed by atoms with Gasteiger partial charge < -0.3 is 5.32 Å². The Balaban J connectivity index is 2.13. The highest BCUT2D eigenvalue weighted by atomic mass is 32.2. The molecule has 0 radical (unpaired) electrons. The number of nitrogens with zero attached hydrogens (tertiary/aromatic N) is 1. The lowest BCUT2D eigenvalue weighted by atomic mass is 10.1. The summed E-state index contributed by atoms with van der Waals surface area (Å²) in [7, 11) is -6.74. The summed E-state index contributed by atoms with van der Waals surface area (Å²) in [4.78, 5) is 12.7.